The number of nitrogens with one attached hydrogen (secondary N) is 1. The predicted octanol–water partition coefficient (Wildman–Crippen LogP) is 1.90. The van der Waals surface area contributed by atoms with Crippen molar-refractivity contribution in [2.75, 3.05) is 13.2 Å². The molecule has 3 aliphatic heterocycles. The van der Waals surface area contributed by atoms with Crippen molar-refractivity contribution in [3.8, 4) is 0 Å². The summed E-state index contributed by atoms with van der Waals surface area (Å²) in [5.41, 5.74) is 0. The van der Waals surface area contributed by atoms with Crippen molar-refractivity contribution in [1.82, 2.24) is 5.32 Å². The molecule has 0 spiro atoms. The monoisotopic (exact) mass is 237 g/mol. The Morgan fingerprint density at radius 2 is 1.59 bits per heavy atom. The van der Waals surface area contributed by atoms with Crippen LogP contribution >= 0.6 is 0 Å². The van der Waals surface area contributed by atoms with Crippen molar-refractivity contribution in [1.29, 1.82) is 0 Å². The molecule has 3 aliphatic rings. The molecule has 96 valence electrons. The molecule has 3 fully saturated rings. The van der Waals surface area contributed by atoms with Gasteiger partial charge in [-0.1, -0.05) is 6.42 Å². The molecule has 0 aromatic heterocycles. The predicted molar refractivity (Wildman–Crippen MR) is 65.8 cm³/mol. The van der Waals surface area contributed by atoms with Gasteiger partial charge in [0.25, 0.3) is 0 Å². The minimum absolute atomic E-state index is 0.299. The highest BCUT2D eigenvalue weighted by molar-refractivity contribution is 5.83. The highest BCUT2D eigenvalue weighted by atomic mass is 16.5. The molecular formula is C14H23NO2. The molecule has 17 heavy (non-hydrogen) atoms. The topological polar surface area (TPSA) is 38.3 Å². The van der Waals surface area contributed by atoms with E-state index in [0.717, 1.165) is 38.9 Å². The second kappa shape index (κ2) is 5.07. The third-order valence-corrected chi connectivity index (χ3v) is 4.74. The first-order valence-corrected chi connectivity index (χ1v) is 7.20. The van der Waals surface area contributed by atoms with E-state index < -0.39 is 0 Å². The van der Waals surface area contributed by atoms with E-state index in [9.17, 15) is 4.79 Å². The molecule has 3 nitrogen and oxygen atoms in total. The fourth-order valence-corrected chi connectivity index (χ4v) is 3.81. The van der Waals surface area contributed by atoms with Gasteiger partial charge in [-0.25, -0.2) is 0 Å². The number of carbonyl (C=O) groups is 1. The Hall–Kier alpha value is -0.410. The fourth-order valence-electron chi connectivity index (χ4n) is 3.81. The molecule has 0 aromatic carbocycles. The average Bonchev–Trinajstić information content (AvgIpc) is 2.38. The summed E-state index contributed by atoms with van der Waals surface area (Å²) in [6.45, 7) is 1.57. The molecule has 2 bridgehead atoms. The van der Waals surface area contributed by atoms with E-state index in [1.165, 1.54) is 19.3 Å². The van der Waals surface area contributed by atoms with Gasteiger partial charge in [-0.15, -0.1) is 0 Å². The second-order valence-electron chi connectivity index (χ2n) is 5.95. The number of ether oxygens (including phenoxy) is 1. The maximum atomic E-state index is 12.5. The molecule has 2 unspecified atom stereocenters. The van der Waals surface area contributed by atoms with Crippen LogP contribution in [0.25, 0.3) is 0 Å². The van der Waals surface area contributed by atoms with E-state index in [0.29, 0.717) is 29.7 Å². The van der Waals surface area contributed by atoms with Crippen LogP contribution in [0.4, 0.5) is 0 Å². The Morgan fingerprint density at radius 3 is 2.24 bits per heavy atom. The fraction of sp³-hybridized carbons (Fsp3) is 0.929. The van der Waals surface area contributed by atoms with E-state index in [4.69, 9.17) is 4.74 Å². The lowest BCUT2D eigenvalue weighted by molar-refractivity contribution is -0.131. The molecule has 0 saturated carbocycles. The Morgan fingerprint density at radius 1 is 0.941 bits per heavy atom. The Kier molecular flexibility index (Phi) is 3.48. The van der Waals surface area contributed by atoms with Crippen molar-refractivity contribution < 1.29 is 9.53 Å². The summed E-state index contributed by atoms with van der Waals surface area (Å²) in [5.74, 6) is 1.19. The number of Topliss-reactive ketones (excluding diaryl/α,β-unsaturated/α-hetero) is 1. The summed E-state index contributed by atoms with van der Waals surface area (Å²) in [6, 6.07) is 1.24. The number of rotatable bonds is 2. The van der Waals surface area contributed by atoms with Crippen molar-refractivity contribution in [3.63, 3.8) is 0 Å². The molecule has 0 amide bonds. The minimum Gasteiger partial charge on any atom is -0.381 e. The van der Waals surface area contributed by atoms with Gasteiger partial charge in [0.05, 0.1) is 0 Å². The number of piperidine rings is 2. The van der Waals surface area contributed by atoms with Gasteiger partial charge in [0.2, 0.25) is 0 Å². The van der Waals surface area contributed by atoms with Crippen LogP contribution in [0.2, 0.25) is 0 Å². The van der Waals surface area contributed by atoms with E-state index in [1.807, 2.05) is 0 Å². The zero-order chi connectivity index (χ0) is 11.7. The number of hydrogen-bond donors (Lipinski definition) is 1. The number of hydrogen-bond acceptors (Lipinski definition) is 3. The second-order valence-corrected chi connectivity index (χ2v) is 5.95. The van der Waals surface area contributed by atoms with Gasteiger partial charge in [0.1, 0.15) is 5.78 Å². The van der Waals surface area contributed by atoms with Crippen LogP contribution < -0.4 is 5.32 Å². The van der Waals surface area contributed by atoms with Crippen LogP contribution in [-0.4, -0.2) is 31.1 Å². The first-order chi connectivity index (χ1) is 8.33. The van der Waals surface area contributed by atoms with Gasteiger partial charge in [-0.05, 0) is 38.5 Å². The normalized spacial score (nSPS) is 38.9. The SMILES string of the molecule is O=C(C1CCOCC1)C1CC2CCCC(C1)N2. The van der Waals surface area contributed by atoms with Crippen LogP contribution in [0.1, 0.15) is 44.9 Å². The highest BCUT2D eigenvalue weighted by Gasteiger charge is 2.37. The molecule has 3 heterocycles. The third-order valence-electron chi connectivity index (χ3n) is 4.74. The smallest absolute Gasteiger partial charge is 0.139 e. The Bertz CT molecular complexity index is 274. The molecule has 0 aromatic rings. The average molecular weight is 237 g/mol. The van der Waals surface area contributed by atoms with E-state index in [1.54, 1.807) is 0 Å². The molecule has 3 heteroatoms. The van der Waals surface area contributed by atoms with Crippen LogP contribution in [0, 0.1) is 11.8 Å². The summed E-state index contributed by atoms with van der Waals surface area (Å²) in [5, 5.41) is 3.66. The lowest BCUT2D eigenvalue weighted by Crippen LogP contribution is -2.50. The van der Waals surface area contributed by atoms with Crippen molar-refractivity contribution >= 4 is 5.78 Å². The van der Waals surface area contributed by atoms with Crippen LogP contribution in [-0.2, 0) is 9.53 Å². The zero-order valence-corrected chi connectivity index (χ0v) is 10.5. The summed E-state index contributed by atoms with van der Waals surface area (Å²) in [7, 11) is 0. The maximum Gasteiger partial charge on any atom is 0.139 e. The van der Waals surface area contributed by atoms with Crippen LogP contribution in [0.15, 0.2) is 0 Å². The number of ketones is 1. The van der Waals surface area contributed by atoms with Crippen LogP contribution in [0.5, 0.6) is 0 Å². The zero-order valence-electron chi connectivity index (χ0n) is 10.5. The molecule has 0 aliphatic carbocycles. The van der Waals surface area contributed by atoms with E-state index in [-0.39, 0.29) is 0 Å². The summed E-state index contributed by atoms with van der Waals surface area (Å²) in [6.07, 6.45) is 7.98. The quantitative estimate of drug-likeness (QED) is 0.797. The Balaban J connectivity index is 1.61. The van der Waals surface area contributed by atoms with Gasteiger partial charge < -0.3 is 10.1 Å². The first-order valence-electron chi connectivity index (χ1n) is 7.20. The molecule has 2 atom stereocenters. The number of carbonyl (C=O) groups excluding carboxylic acids is 1. The van der Waals surface area contributed by atoms with Crippen molar-refractivity contribution in [3.05, 3.63) is 0 Å². The molecule has 3 saturated heterocycles. The van der Waals surface area contributed by atoms with Gasteiger partial charge in [0, 0.05) is 37.1 Å². The summed E-state index contributed by atoms with van der Waals surface area (Å²) >= 11 is 0. The van der Waals surface area contributed by atoms with Gasteiger partial charge >= 0.3 is 0 Å². The Labute approximate surface area is 103 Å². The lowest BCUT2D eigenvalue weighted by Gasteiger charge is -2.41. The van der Waals surface area contributed by atoms with Crippen molar-refractivity contribution in [2.24, 2.45) is 11.8 Å². The molecule has 0 radical (unpaired) electrons. The third kappa shape index (κ3) is 2.55. The summed E-state index contributed by atoms with van der Waals surface area (Å²) in [4.78, 5) is 12.5. The maximum absolute atomic E-state index is 12.5. The highest BCUT2D eigenvalue weighted by Crippen LogP contribution is 2.33. The van der Waals surface area contributed by atoms with Crippen LogP contribution in [0.3, 0.4) is 0 Å². The van der Waals surface area contributed by atoms with Gasteiger partial charge in [0.15, 0.2) is 0 Å². The standard InChI is InChI=1S/C14H23NO2/c16-14(10-4-6-17-7-5-10)11-8-12-2-1-3-13(9-11)15-12/h10-13,15H,1-9H2. The van der Waals surface area contributed by atoms with Crippen molar-refractivity contribution in [2.45, 2.75) is 57.0 Å². The summed E-state index contributed by atoms with van der Waals surface area (Å²) < 4.78 is 5.35. The lowest BCUT2D eigenvalue weighted by atomic mass is 9.75. The number of fused-ring (bicyclic) bond motifs is 2. The largest absolute Gasteiger partial charge is 0.381 e. The molecule has 3 rings (SSSR count). The molecule has 1 N–H and O–H groups in total. The van der Waals surface area contributed by atoms with E-state index >= 15 is 0 Å². The van der Waals surface area contributed by atoms with Gasteiger partial charge in [-0.3, -0.25) is 4.79 Å². The van der Waals surface area contributed by atoms with Gasteiger partial charge in [-0.2, -0.15) is 0 Å². The molecular weight excluding hydrogens is 214 g/mol. The van der Waals surface area contributed by atoms with E-state index in [2.05, 4.69) is 5.32 Å². The first kappa shape index (κ1) is 11.7. The minimum atomic E-state index is 0.299.